The lowest BCUT2D eigenvalue weighted by molar-refractivity contribution is -0.0111. The van der Waals surface area contributed by atoms with Crippen molar-refractivity contribution in [1.82, 2.24) is 14.8 Å². The molecule has 0 saturated heterocycles. The summed E-state index contributed by atoms with van der Waals surface area (Å²) in [4.78, 5) is 0. The van der Waals surface area contributed by atoms with Gasteiger partial charge in [0.1, 0.15) is 11.6 Å². The molecule has 0 spiro atoms. The minimum atomic E-state index is 0.408. The molecule has 0 N–H and O–H groups in total. The zero-order valence-corrected chi connectivity index (χ0v) is 12.5. The zero-order chi connectivity index (χ0) is 13.3. The summed E-state index contributed by atoms with van der Waals surface area (Å²) >= 11 is 0. The fourth-order valence-electron chi connectivity index (χ4n) is 6.05. The van der Waals surface area contributed by atoms with Crippen LogP contribution in [0.4, 0.5) is 0 Å². The lowest BCUT2D eigenvalue weighted by atomic mass is 9.49. The number of hydrogen-bond donors (Lipinski definition) is 0. The van der Waals surface area contributed by atoms with Crippen LogP contribution in [0.3, 0.4) is 0 Å². The first-order chi connectivity index (χ1) is 9.77. The number of nitrogens with zero attached hydrogens (tertiary/aromatic N) is 3. The predicted octanol–water partition coefficient (Wildman–Crippen LogP) is 3.64. The fourth-order valence-corrected chi connectivity index (χ4v) is 6.05. The standard InChI is InChI=1S/C17H25N3/c1-2-20-15(14-3-4-14)18-19-16(20)17-8-11-5-12(9-17)7-13(6-11)10-17/h11-14H,2-10H2,1H3. The molecule has 0 aromatic carbocycles. The second-order valence-corrected chi connectivity index (χ2v) is 8.10. The molecular formula is C17H25N3. The van der Waals surface area contributed by atoms with Crippen molar-refractivity contribution < 1.29 is 0 Å². The van der Waals surface area contributed by atoms with E-state index in [0.717, 1.165) is 30.2 Å². The molecule has 5 aliphatic carbocycles. The van der Waals surface area contributed by atoms with Gasteiger partial charge in [0, 0.05) is 17.9 Å². The highest BCUT2D eigenvalue weighted by Gasteiger charge is 2.54. The Bertz CT molecular complexity index is 505. The minimum absolute atomic E-state index is 0.408. The molecule has 5 fully saturated rings. The molecule has 5 saturated carbocycles. The van der Waals surface area contributed by atoms with Crippen LogP contribution in [0.2, 0.25) is 0 Å². The van der Waals surface area contributed by atoms with Crippen LogP contribution in [0.25, 0.3) is 0 Å². The first-order valence-electron chi connectivity index (χ1n) is 8.71. The number of hydrogen-bond acceptors (Lipinski definition) is 2. The number of aromatic nitrogens is 3. The van der Waals surface area contributed by atoms with E-state index in [0.29, 0.717) is 5.41 Å². The van der Waals surface area contributed by atoms with Crippen LogP contribution in [0, 0.1) is 17.8 Å². The van der Waals surface area contributed by atoms with E-state index in [-0.39, 0.29) is 0 Å². The maximum absolute atomic E-state index is 4.75. The Balaban J connectivity index is 1.59. The van der Waals surface area contributed by atoms with Crippen LogP contribution in [-0.4, -0.2) is 14.8 Å². The van der Waals surface area contributed by atoms with Crippen LogP contribution in [0.1, 0.15) is 75.9 Å². The normalized spacial score (nSPS) is 42.4. The first kappa shape index (κ1) is 11.8. The average molecular weight is 271 g/mol. The van der Waals surface area contributed by atoms with Crippen molar-refractivity contribution in [2.45, 2.75) is 76.2 Å². The molecular weight excluding hydrogens is 246 g/mol. The molecule has 0 atom stereocenters. The monoisotopic (exact) mass is 271 g/mol. The molecule has 1 aromatic heterocycles. The third kappa shape index (κ3) is 1.52. The Labute approximate surface area is 121 Å². The van der Waals surface area contributed by atoms with Gasteiger partial charge in [-0.05, 0) is 76.0 Å². The molecule has 0 radical (unpaired) electrons. The molecule has 1 aromatic rings. The smallest absolute Gasteiger partial charge is 0.139 e. The van der Waals surface area contributed by atoms with Gasteiger partial charge in [-0.3, -0.25) is 0 Å². The van der Waals surface area contributed by atoms with Gasteiger partial charge in [-0.15, -0.1) is 10.2 Å². The van der Waals surface area contributed by atoms with E-state index in [1.54, 1.807) is 0 Å². The van der Waals surface area contributed by atoms with Gasteiger partial charge in [0.15, 0.2) is 0 Å². The van der Waals surface area contributed by atoms with E-state index in [4.69, 9.17) is 5.10 Å². The van der Waals surface area contributed by atoms with Gasteiger partial charge in [-0.1, -0.05) is 0 Å². The number of rotatable bonds is 3. The summed E-state index contributed by atoms with van der Waals surface area (Å²) in [6, 6.07) is 0. The van der Waals surface area contributed by atoms with Crippen molar-refractivity contribution in [3.05, 3.63) is 11.6 Å². The highest BCUT2D eigenvalue weighted by molar-refractivity contribution is 5.20. The van der Waals surface area contributed by atoms with Crippen molar-refractivity contribution in [3.63, 3.8) is 0 Å². The van der Waals surface area contributed by atoms with E-state index in [1.165, 1.54) is 63.0 Å². The summed E-state index contributed by atoms with van der Waals surface area (Å²) in [5, 5.41) is 9.37. The zero-order valence-electron chi connectivity index (χ0n) is 12.5. The molecule has 4 bridgehead atoms. The molecule has 5 aliphatic rings. The maximum atomic E-state index is 4.75. The van der Waals surface area contributed by atoms with E-state index in [2.05, 4.69) is 16.6 Å². The summed E-state index contributed by atoms with van der Waals surface area (Å²) in [6.45, 7) is 3.34. The summed E-state index contributed by atoms with van der Waals surface area (Å²) in [5.74, 6) is 6.39. The average Bonchev–Trinajstić information content (AvgIpc) is 3.15. The summed E-state index contributed by atoms with van der Waals surface area (Å²) in [5.41, 5.74) is 0.408. The highest BCUT2D eigenvalue weighted by Crippen LogP contribution is 2.60. The van der Waals surface area contributed by atoms with Gasteiger partial charge in [0.05, 0.1) is 0 Å². The van der Waals surface area contributed by atoms with Crippen LogP contribution in [-0.2, 0) is 12.0 Å². The summed E-state index contributed by atoms with van der Waals surface area (Å²) in [6.07, 6.45) is 11.4. The lowest BCUT2D eigenvalue weighted by Crippen LogP contribution is -2.49. The molecule has 0 unspecified atom stereocenters. The van der Waals surface area contributed by atoms with Gasteiger partial charge in [0.25, 0.3) is 0 Å². The Kier molecular flexibility index (Phi) is 2.27. The Morgan fingerprint density at radius 3 is 2.10 bits per heavy atom. The second-order valence-electron chi connectivity index (χ2n) is 8.10. The Morgan fingerprint density at radius 2 is 1.60 bits per heavy atom. The Morgan fingerprint density at radius 1 is 1.00 bits per heavy atom. The molecule has 0 aliphatic heterocycles. The SMILES string of the molecule is CCn1c(C2CC2)nnc1C12CC3CC(CC(C3)C1)C2. The molecule has 3 nitrogen and oxygen atoms in total. The largest absolute Gasteiger partial charge is 0.315 e. The van der Waals surface area contributed by atoms with Gasteiger partial charge in [-0.2, -0.15) is 0 Å². The van der Waals surface area contributed by atoms with Crippen LogP contribution >= 0.6 is 0 Å². The topological polar surface area (TPSA) is 30.7 Å². The fraction of sp³-hybridized carbons (Fsp3) is 0.882. The van der Waals surface area contributed by atoms with Crippen molar-refractivity contribution in [1.29, 1.82) is 0 Å². The van der Waals surface area contributed by atoms with Crippen molar-refractivity contribution >= 4 is 0 Å². The van der Waals surface area contributed by atoms with Crippen molar-refractivity contribution in [3.8, 4) is 0 Å². The van der Waals surface area contributed by atoms with Gasteiger partial charge in [0.2, 0.25) is 0 Å². The van der Waals surface area contributed by atoms with Crippen molar-refractivity contribution in [2.75, 3.05) is 0 Å². The first-order valence-corrected chi connectivity index (χ1v) is 8.71. The van der Waals surface area contributed by atoms with Gasteiger partial charge < -0.3 is 4.57 Å². The van der Waals surface area contributed by atoms with E-state index in [9.17, 15) is 0 Å². The molecule has 108 valence electrons. The summed E-state index contributed by atoms with van der Waals surface area (Å²) in [7, 11) is 0. The van der Waals surface area contributed by atoms with E-state index in [1.807, 2.05) is 0 Å². The maximum Gasteiger partial charge on any atom is 0.139 e. The molecule has 3 heteroatoms. The molecule has 0 amide bonds. The van der Waals surface area contributed by atoms with Gasteiger partial charge >= 0.3 is 0 Å². The minimum Gasteiger partial charge on any atom is -0.315 e. The van der Waals surface area contributed by atoms with Gasteiger partial charge in [-0.25, -0.2) is 0 Å². The van der Waals surface area contributed by atoms with Crippen LogP contribution in [0.5, 0.6) is 0 Å². The lowest BCUT2D eigenvalue weighted by Gasteiger charge is -2.56. The van der Waals surface area contributed by atoms with Crippen LogP contribution in [0.15, 0.2) is 0 Å². The van der Waals surface area contributed by atoms with E-state index >= 15 is 0 Å². The molecule has 6 rings (SSSR count). The highest BCUT2D eigenvalue weighted by atomic mass is 15.3. The third-order valence-electron chi connectivity index (χ3n) is 6.55. The quantitative estimate of drug-likeness (QED) is 0.840. The second kappa shape index (κ2) is 3.86. The molecule has 20 heavy (non-hydrogen) atoms. The third-order valence-corrected chi connectivity index (χ3v) is 6.55. The molecule has 1 heterocycles. The van der Waals surface area contributed by atoms with E-state index < -0.39 is 0 Å². The Hall–Kier alpha value is -0.860. The summed E-state index contributed by atoms with van der Waals surface area (Å²) < 4.78 is 2.50. The van der Waals surface area contributed by atoms with Crippen LogP contribution < -0.4 is 0 Å². The predicted molar refractivity (Wildman–Crippen MR) is 77.5 cm³/mol. The van der Waals surface area contributed by atoms with Crippen molar-refractivity contribution in [2.24, 2.45) is 17.8 Å².